The van der Waals surface area contributed by atoms with Crippen LogP contribution in [0.1, 0.15) is 27.7 Å². The van der Waals surface area contributed by atoms with Gasteiger partial charge in [0, 0.05) is 20.2 Å². The molecule has 6 nitrogen and oxygen atoms in total. The zero-order valence-corrected chi connectivity index (χ0v) is 15.5. The van der Waals surface area contributed by atoms with Crippen LogP contribution in [0, 0.1) is 10.1 Å². The second-order valence-electron chi connectivity index (χ2n) is 3.86. The van der Waals surface area contributed by atoms with Gasteiger partial charge in [-0.05, 0) is 18.2 Å². The maximum Gasteiger partial charge on any atom is 0.292 e. The van der Waals surface area contributed by atoms with Crippen LogP contribution in [0.3, 0.4) is 0 Å². The summed E-state index contributed by atoms with van der Waals surface area (Å²) in [6.07, 6.45) is 0. The molecule has 2 aromatic carbocycles. The van der Waals surface area contributed by atoms with Crippen molar-refractivity contribution < 1.29 is 4.92 Å². The van der Waals surface area contributed by atoms with E-state index in [9.17, 15) is 10.1 Å². The number of hydrogen-bond acceptors (Lipinski definition) is 5. The third-order valence-corrected chi connectivity index (χ3v) is 2.60. The summed E-state index contributed by atoms with van der Waals surface area (Å²) >= 11 is 0. The number of rotatable bonds is 3. The molecule has 2 rings (SSSR count). The Morgan fingerprint density at radius 1 is 0.833 bits per heavy atom. The fourth-order valence-electron chi connectivity index (χ4n) is 1.57. The Labute approximate surface area is 145 Å². The molecule has 0 aliphatic rings. The van der Waals surface area contributed by atoms with Crippen molar-refractivity contribution >= 4 is 22.7 Å². The van der Waals surface area contributed by atoms with Gasteiger partial charge in [-0.3, -0.25) is 10.1 Å². The van der Waals surface area contributed by atoms with Gasteiger partial charge in [0.15, 0.2) is 0 Å². The highest BCUT2D eigenvalue weighted by Gasteiger charge is 2.09. The fraction of sp³-hybridized carbons (Fsp3) is 0.333. The number of nitro benzene ring substituents is 1. The number of nitrogens with zero attached hydrogens (tertiary/aromatic N) is 1. The van der Waals surface area contributed by atoms with Crippen molar-refractivity contribution in [3.05, 3.63) is 58.6 Å². The standard InChI is InChI=1S/C7H8N2O2.C7H10N2.2C2H6/c1-8-6-4-2-3-5-7(6)9(10)11;1-9-7-5-3-2-4-6(7)8;2*1-2/h2-5,8H,1H3;2-5,9H,8H2,1H3;2*1-2H3. The molecule has 0 heterocycles. The van der Waals surface area contributed by atoms with Gasteiger partial charge in [-0.2, -0.15) is 0 Å². The third kappa shape index (κ3) is 8.63. The molecule has 2 aromatic rings. The summed E-state index contributed by atoms with van der Waals surface area (Å²) in [4.78, 5) is 9.94. The van der Waals surface area contributed by atoms with E-state index in [-0.39, 0.29) is 5.69 Å². The molecule has 0 radical (unpaired) electrons. The second kappa shape index (κ2) is 15.1. The van der Waals surface area contributed by atoms with Crippen molar-refractivity contribution in [1.82, 2.24) is 0 Å². The fourth-order valence-corrected chi connectivity index (χ4v) is 1.57. The number of nitrogens with one attached hydrogen (secondary N) is 2. The average molecular weight is 334 g/mol. The van der Waals surface area contributed by atoms with Crippen molar-refractivity contribution in [2.24, 2.45) is 0 Å². The largest absolute Gasteiger partial charge is 0.397 e. The van der Waals surface area contributed by atoms with Gasteiger partial charge in [-0.15, -0.1) is 0 Å². The van der Waals surface area contributed by atoms with Crippen LogP contribution in [0.15, 0.2) is 48.5 Å². The van der Waals surface area contributed by atoms with Crippen LogP contribution in [0.5, 0.6) is 0 Å². The Balaban J connectivity index is 0. The highest BCUT2D eigenvalue weighted by Crippen LogP contribution is 2.21. The minimum Gasteiger partial charge on any atom is -0.397 e. The van der Waals surface area contributed by atoms with Gasteiger partial charge in [0.25, 0.3) is 5.69 Å². The van der Waals surface area contributed by atoms with E-state index in [2.05, 4.69) is 10.6 Å². The number of benzene rings is 2. The van der Waals surface area contributed by atoms with Crippen molar-refractivity contribution in [2.45, 2.75) is 27.7 Å². The molecule has 24 heavy (non-hydrogen) atoms. The molecule has 0 aromatic heterocycles. The number of para-hydroxylation sites is 4. The van der Waals surface area contributed by atoms with Crippen molar-refractivity contribution in [3.63, 3.8) is 0 Å². The number of nitro groups is 1. The molecule has 0 unspecified atom stereocenters. The predicted octanol–water partition coefficient (Wildman–Crippen LogP) is 5.00. The molecular weight excluding hydrogens is 304 g/mol. The summed E-state index contributed by atoms with van der Waals surface area (Å²) in [6.45, 7) is 8.00. The van der Waals surface area contributed by atoms with Gasteiger partial charge in [-0.1, -0.05) is 52.0 Å². The first-order chi connectivity index (χ1) is 11.6. The highest BCUT2D eigenvalue weighted by molar-refractivity contribution is 5.65. The summed E-state index contributed by atoms with van der Waals surface area (Å²) in [5.74, 6) is 0. The minimum absolute atomic E-state index is 0.106. The lowest BCUT2D eigenvalue weighted by molar-refractivity contribution is -0.383. The van der Waals surface area contributed by atoms with Gasteiger partial charge in [0.1, 0.15) is 5.69 Å². The lowest BCUT2D eigenvalue weighted by Gasteiger charge is -2.01. The van der Waals surface area contributed by atoms with E-state index in [0.29, 0.717) is 5.69 Å². The van der Waals surface area contributed by atoms with Crippen LogP contribution in [-0.4, -0.2) is 19.0 Å². The molecular formula is C18H30N4O2. The maximum absolute atomic E-state index is 10.3. The SMILES string of the molecule is CC.CC.CNc1ccccc1N.CNc1ccccc1[N+](=O)[O-]. The Kier molecular flexibility index (Phi) is 14.8. The third-order valence-electron chi connectivity index (χ3n) is 2.60. The normalized spacial score (nSPS) is 8.08. The summed E-state index contributed by atoms with van der Waals surface area (Å²) in [6, 6.07) is 14.2. The first kappa shape index (κ1) is 23.5. The summed E-state index contributed by atoms with van der Waals surface area (Å²) in [5.41, 5.74) is 7.99. The second-order valence-corrected chi connectivity index (χ2v) is 3.86. The predicted molar refractivity (Wildman–Crippen MR) is 106 cm³/mol. The van der Waals surface area contributed by atoms with Crippen LogP contribution >= 0.6 is 0 Å². The van der Waals surface area contributed by atoms with E-state index < -0.39 is 4.92 Å². The number of anilines is 3. The van der Waals surface area contributed by atoms with Crippen molar-refractivity contribution in [2.75, 3.05) is 30.5 Å². The molecule has 0 saturated heterocycles. The maximum atomic E-state index is 10.3. The average Bonchev–Trinajstić information content (AvgIpc) is 2.66. The molecule has 0 amide bonds. The Morgan fingerprint density at radius 3 is 1.58 bits per heavy atom. The molecule has 4 N–H and O–H groups in total. The van der Waals surface area contributed by atoms with Gasteiger partial charge in [0.2, 0.25) is 0 Å². The number of nitrogen functional groups attached to an aromatic ring is 1. The minimum atomic E-state index is -0.411. The first-order valence-electron chi connectivity index (χ1n) is 8.03. The van der Waals surface area contributed by atoms with Crippen LogP contribution < -0.4 is 16.4 Å². The van der Waals surface area contributed by atoms with Crippen molar-refractivity contribution in [3.8, 4) is 0 Å². The lowest BCUT2D eigenvalue weighted by Crippen LogP contribution is -1.95. The molecule has 0 saturated carbocycles. The molecule has 6 heteroatoms. The topological polar surface area (TPSA) is 93.2 Å². The smallest absolute Gasteiger partial charge is 0.292 e. The monoisotopic (exact) mass is 334 g/mol. The van der Waals surface area contributed by atoms with E-state index in [4.69, 9.17) is 5.73 Å². The Morgan fingerprint density at radius 2 is 1.25 bits per heavy atom. The quantitative estimate of drug-likeness (QED) is 0.417. The van der Waals surface area contributed by atoms with E-state index in [1.807, 2.05) is 59.0 Å². The van der Waals surface area contributed by atoms with E-state index in [1.54, 1.807) is 25.2 Å². The van der Waals surface area contributed by atoms with Gasteiger partial charge in [0.05, 0.1) is 16.3 Å². The molecule has 0 aliphatic heterocycles. The number of hydrogen-bond donors (Lipinski definition) is 3. The Bertz CT molecular complexity index is 574. The Hall–Kier alpha value is -2.76. The van der Waals surface area contributed by atoms with E-state index in [1.165, 1.54) is 6.07 Å². The van der Waals surface area contributed by atoms with Crippen LogP contribution in [0.2, 0.25) is 0 Å². The summed E-state index contributed by atoms with van der Waals surface area (Å²) < 4.78 is 0. The zero-order valence-electron chi connectivity index (χ0n) is 15.5. The zero-order chi connectivity index (χ0) is 19.0. The van der Waals surface area contributed by atoms with E-state index in [0.717, 1.165) is 11.4 Å². The van der Waals surface area contributed by atoms with Crippen LogP contribution in [-0.2, 0) is 0 Å². The summed E-state index contributed by atoms with van der Waals surface area (Å²) in [5, 5.41) is 16.1. The van der Waals surface area contributed by atoms with Crippen LogP contribution in [0.25, 0.3) is 0 Å². The van der Waals surface area contributed by atoms with E-state index >= 15 is 0 Å². The molecule has 0 spiro atoms. The van der Waals surface area contributed by atoms with Gasteiger partial charge in [-0.25, -0.2) is 0 Å². The lowest BCUT2D eigenvalue weighted by atomic mass is 10.3. The molecule has 134 valence electrons. The summed E-state index contributed by atoms with van der Waals surface area (Å²) in [7, 11) is 3.51. The molecule has 0 fully saturated rings. The van der Waals surface area contributed by atoms with Crippen LogP contribution in [0.4, 0.5) is 22.7 Å². The molecule has 0 aliphatic carbocycles. The highest BCUT2D eigenvalue weighted by atomic mass is 16.6. The first-order valence-corrected chi connectivity index (χ1v) is 8.03. The van der Waals surface area contributed by atoms with Gasteiger partial charge < -0.3 is 16.4 Å². The number of nitrogens with two attached hydrogens (primary N) is 1. The van der Waals surface area contributed by atoms with Crippen molar-refractivity contribution in [1.29, 1.82) is 0 Å². The molecule has 0 atom stereocenters. The van der Waals surface area contributed by atoms with Gasteiger partial charge >= 0.3 is 0 Å². The molecule has 0 bridgehead atoms.